The average molecular weight is 467 g/mol. The largest absolute Gasteiger partial charge is 0.441 e. The van der Waals surface area contributed by atoms with Crippen molar-refractivity contribution in [2.45, 2.75) is 25.5 Å². The van der Waals surface area contributed by atoms with E-state index in [-0.39, 0.29) is 11.6 Å². The van der Waals surface area contributed by atoms with Crippen molar-refractivity contribution < 1.29 is 18.7 Å². The van der Waals surface area contributed by atoms with Gasteiger partial charge in [-0.2, -0.15) is 5.10 Å². The van der Waals surface area contributed by atoms with E-state index >= 15 is 0 Å². The number of H-pyrrole nitrogens is 1. The number of rotatable bonds is 5. The fraction of sp³-hybridized carbons (Fsp3) is 0.263. The van der Waals surface area contributed by atoms with Gasteiger partial charge in [-0.05, 0) is 36.6 Å². The van der Waals surface area contributed by atoms with Crippen molar-refractivity contribution in [2.24, 2.45) is 7.05 Å². The Labute approximate surface area is 185 Å². The molecule has 0 saturated carbocycles. The zero-order valence-electron chi connectivity index (χ0n) is 16.2. The van der Waals surface area contributed by atoms with Crippen LogP contribution in [0.4, 0.5) is 14.9 Å². The summed E-state index contributed by atoms with van der Waals surface area (Å²) in [6.07, 6.45) is 1.84. The van der Waals surface area contributed by atoms with Crippen LogP contribution >= 0.6 is 23.2 Å². The maximum atomic E-state index is 13.4. The molecule has 31 heavy (non-hydrogen) atoms. The van der Waals surface area contributed by atoms with E-state index in [2.05, 4.69) is 25.8 Å². The number of halogens is 3. The van der Waals surface area contributed by atoms with Crippen LogP contribution in [0.1, 0.15) is 39.9 Å². The highest BCUT2D eigenvalue weighted by Gasteiger charge is 2.35. The van der Waals surface area contributed by atoms with Crippen LogP contribution in [0, 0.1) is 5.82 Å². The molecule has 1 aromatic carbocycles. The highest BCUT2D eigenvalue weighted by molar-refractivity contribution is 6.31. The highest BCUT2D eigenvalue weighted by Crippen LogP contribution is 2.40. The summed E-state index contributed by atoms with van der Waals surface area (Å²) < 4.78 is 20.0. The van der Waals surface area contributed by atoms with Gasteiger partial charge >= 0.3 is 6.09 Å². The van der Waals surface area contributed by atoms with Gasteiger partial charge in [0.1, 0.15) is 23.0 Å². The second-order valence-corrected chi connectivity index (χ2v) is 7.67. The van der Waals surface area contributed by atoms with E-state index in [9.17, 15) is 14.0 Å². The molecule has 3 N–H and O–H groups in total. The SMILES string of the molecule is Cn1c(Cl)c2c(c1C(=O)Nc1ccc(F)c(Cl)c1)CCC2NC(=O)OCc1nc[nH]n1. The number of carbonyl (C=O) groups excluding carboxylic acids is 2. The van der Waals surface area contributed by atoms with Crippen LogP contribution in [0.15, 0.2) is 24.5 Å². The normalized spacial score (nSPS) is 14.9. The molecule has 0 bridgehead atoms. The number of alkyl carbamates (subject to hydrolysis) is 1. The van der Waals surface area contributed by atoms with Gasteiger partial charge in [0.15, 0.2) is 12.4 Å². The third kappa shape index (κ3) is 4.21. The third-order valence-corrected chi connectivity index (χ3v) is 5.72. The van der Waals surface area contributed by atoms with Gasteiger partial charge in [0.05, 0.1) is 11.1 Å². The first kappa shape index (κ1) is 21.1. The Kier molecular flexibility index (Phi) is 5.84. The number of nitrogens with zero attached hydrogens (tertiary/aromatic N) is 3. The number of fused-ring (bicyclic) bond motifs is 1. The number of nitrogens with one attached hydrogen (secondary N) is 3. The maximum Gasteiger partial charge on any atom is 0.408 e. The number of amides is 2. The van der Waals surface area contributed by atoms with Gasteiger partial charge in [0, 0.05) is 18.3 Å². The van der Waals surface area contributed by atoms with Gasteiger partial charge in [0.25, 0.3) is 5.91 Å². The van der Waals surface area contributed by atoms with Crippen molar-refractivity contribution in [3.63, 3.8) is 0 Å². The van der Waals surface area contributed by atoms with Crippen molar-refractivity contribution >= 4 is 40.9 Å². The molecule has 0 radical (unpaired) electrons. The van der Waals surface area contributed by atoms with E-state index in [1.807, 2.05) is 0 Å². The summed E-state index contributed by atoms with van der Waals surface area (Å²) in [4.78, 5) is 29.0. The van der Waals surface area contributed by atoms with Crippen molar-refractivity contribution in [3.05, 3.63) is 63.2 Å². The zero-order valence-corrected chi connectivity index (χ0v) is 17.7. The molecule has 0 saturated heterocycles. The molecule has 162 valence electrons. The first-order valence-electron chi connectivity index (χ1n) is 9.26. The summed E-state index contributed by atoms with van der Waals surface area (Å²) in [7, 11) is 1.66. The van der Waals surface area contributed by atoms with Crippen LogP contribution in [0.3, 0.4) is 0 Å². The molecule has 9 nitrogen and oxygen atoms in total. The lowest BCUT2D eigenvalue weighted by Gasteiger charge is -2.14. The molecular formula is C19H17Cl2FN6O3. The minimum atomic E-state index is -0.644. The lowest BCUT2D eigenvalue weighted by molar-refractivity contribution is 0.101. The van der Waals surface area contributed by atoms with E-state index in [1.165, 1.54) is 24.5 Å². The van der Waals surface area contributed by atoms with Crippen LogP contribution in [0.25, 0.3) is 0 Å². The Morgan fingerprint density at radius 3 is 2.90 bits per heavy atom. The molecule has 2 aromatic heterocycles. The molecule has 0 aliphatic heterocycles. The quantitative estimate of drug-likeness (QED) is 0.529. The molecule has 2 heterocycles. The molecule has 3 aromatic rings. The van der Waals surface area contributed by atoms with Crippen molar-refractivity contribution in [1.29, 1.82) is 0 Å². The molecule has 2 amide bonds. The predicted octanol–water partition coefficient (Wildman–Crippen LogP) is 3.76. The number of hydrogen-bond donors (Lipinski definition) is 3. The molecule has 0 fully saturated rings. The fourth-order valence-electron chi connectivity index (χ4n) is 3.59. The molecule has 1 aliphatic rings. The Morgan fingerprint density at radius 2 is 2.19 bits per heavy atom. The van der Waals surface area contributed by atoms with E-state index in [0.717, 1.165) is 5.56 Å². The summed E-state index contributed by atoms with van der Waals surface area (Å²) in [5, 5.41) is 12.1. The maximum absolute atomic E-state index is 13.4. The van der Waals surface area contributed by atoms with Gasteiger partial charge in [-0.25, -0.2) is 14.2 Å². The Balaban J connectivity index is 1.49. The molecule has 1 unspecified atom stereocenters. The van der Waals surface area contributed by atoms with Crippen LogP contribution in [-0.4, -0.2) is 31.7 Å². The molecule has 12 heteroatoms. The number of hydrogen-bond acceptors (Lipinski definition) is 5. The van der Waals surface area contributed by atoms with Crippen LogP contribution in [0.5, 0.6) is 0 Å². The highest BCUT2D eigenvalue weighted by atomic mass is 35.5. The second-order valence-electron chi connectivity index (χ2n) is 6.90. The summed E-state index contributed by atoms with van der Waals surface area (Å²) in [5.74, 6) is -0.646. The molecule has 0 spiro atoms. The minimum absolute atomic E-state index is 0.0781. The summed E-state index contributed by atoms with van der Waals surface area (Å²) in [5.41, 5.74) is 2.11. The summed E-state index contributed by atoms with van der Waals surface area (Å²) in [6, 6.07) is 3.51. The zero-order chi connectivity index (χ0) is 22.1. The standard InChI is InChI=1S/C19H17Cl2FN6O3/c1-28-16(18(29)25-9-2-4-12(22)11(20)6-9)10-3-5-13(15(10)17(28)21)26-19(30)31-7-14-23-8-24-27-14/h2,4,6,8,13H,3,5,7H2,1H3,(H,25,29)(H,26,30)(H,23,24,27). The van der Waals surface area contributed by atoms with E-state index in [4.69, 9.17) is 27.9 Å². The van der Waals surface area contributed by atoms with Gasteiger partial charge in [-0.1, -0.05) is 23.2 Å². The van der Waals surface area contributed by atoms with E-state index in [1.54, 1.807) is 11.6 Å². The number of aromatic amines is 1. The summed E-state index contributed by atoms with van der Waals surface area (Å²) >= 11 is 12.3. The lowest BCUT2D eigenvalue weighted by atomic mass is 10.1. The van der Waals surface area contributed by atoms with Gasteiger partial charge < -0.3 is 19.9 Å². The molecule has 1 aliphatic carbocycles. The fourth-order valence-corrected chi connectivity index (χ4v) is 4.10. The third-order valence-electron chi connectivity index (χ3n) is 4.98. The van der Waals surface area contributed by atoms with Gasteiger partial charge in [0.2, 0.25) is 0 Å². The number of aromatic nitrogens is 4. The van der Waals surface area contributed by atoms with Crippen LogP contribution in [0.2, 0.25) is 10.2 Å². The predicted molar refractivity (Wildman–Crippen MR) is 111 cm³/mol. The Morgan fingerprint density at radius 1 is 1.39 bits per heavy atom. The smallest absolute Gasteiger partial charge is 0.408 e. The number of carbonyl (C=O) groups is 2. The Bertz CT molecular complexity index is 1150. The molecule has 1 atom stereocenters. The lowest BCUT2D eigenvalue weighted by Crippen LogP contribution is -2.28. The first-order valence-corrected chi connectivity index (χ1v) is 10.0. The van der Waals surface area contributed by atoms with Gasteiger partial charge in [-0.15, -0.1) is 0 Å². The van der Waals surface area contributed by atoms with Gasteiger partial charge in [-0.3, -0.25) is 9.89 Å². The van der Waals surface area contributed by atoms with Crippen LogP contribution < -0.4 is 10.6 Å². The number of anilines is 1. The molecular weight excluding hydrogens is 450 g/mol. The summed E-state index contributed by atoms with van der Waals surface area (Å²) in [6.45, 7) is -0.0781. The van der Waals surface area contributed by atoms with Crippen molar-refractivity contribution in [2.75, 3.05) is 5.32 Å². The second kappa shape index (κ2) is 8.56. The van der Waals surface area contributed by atoms with E-state index < -0.39 is 23.9 Å². The topological polar surface area (TPSA) is 114 Å². The Hall–Kier alpha value is -3.11. The average Bonchev–Trinajstić information content (AvgIpc) is 3.44. The number of benzene rings is 1. The molecule has 4 rings (SSSR count). The van der Waals surface area contributed by atoms with Crippen molar-refractivity contribution in [3.8, 4) is 0 Å². The monoisotopic (exact) mass is 466 g/mol. The van der Waals surface area contributed by atoms with Crippen molar-refractivity contribution in [1.82, 2.24) is 25.1 Å². The van der Waals surface area contributed by atoms with E-state index in [0.29, 0.717) is 40.8 Å². The van der Waals surface area contributed by atoms with Crippen LogP contribution in [-0.2, 0) is 24.8 Å². The minimum Gasteiger partial charge on any atom is -0.441 e. The number of ether oxygens (including phenoxy) is 1. The first-order chi connectivity index (χ1) is 14.8.